The summed E-state index contributed by atoms with van der Waals surface area (Å²) in [5, 5.41) is 0. The molecule has 0 aromatic rings. The lowest BCUT2D eigenvalue weighted by Gasteiger charge is -2.23. The fourth-order valence-electron chi connectivity index (χ4n) is 6.21. The summed E-state index contributed by atoms with van der Waals surface area (Å²) in [7, 11) is 3.39. The molecule has 0 aromatic carbocycles. The quantitative estimate of drug-likeness (QED) is 0.0287. The maximum absolute atomic E-state index is 13.3. The molecule has 1 amide bonds. The van der Waals surface area contributed by atoms with Crippen LogP contribution in [0.5, 0.6) is 0 Å². The Morgan fingerprint density at radius 3 is 1.24 bits per heavy atom. The highest BCUT2D eigenvalue weighted by molar-refractivity contribution is 8.76. The molecule has 302 valence electrons. The number of unbranched alkanes of at least 4 members (excludes halogenated alkanes) is 16. The predicted octanol–water partition coefficient (Wildman–Crippen LogP) is 10.8. The number of nitrogens with zero attached hydrogens (tertiary/aromatic N) is 1. The van der Waals surface area contributed by atoms with Crippen molar-refractivity contribution in [3.8, 4) is 0 Å². The number of carbonyl (C=O) groups is 3. The van der Waals surface area contributed by atoms with E-state index in [0.29, 0.717) is 12.4 Å². The Balaban J connectivity index is 5.21. The molecule has 0 heterocycles. The van der Waals surface area contributed by atoms with Crippen LogP contribution in [0.2, 0.25) is 0 Å². The molecule has 2 unspecified atom stereocenters. The monoisotopic (exact) mass is 762 g/mol. The van der Waals surface area contributed by atoms with Gasteiger partial charge in [-0.1, -0.05) is 178 Å². The second kappa shape index (κ2) is 38.6. The van der Waals surface area contributed by atoms with Gasteiger partial charge >= 0.3 is 18.0 Å². The number of carbonyl (C=O) groups excluding carboxylic acids is 3. The first-order valence-electron chi connectivity index (χ1n) is 21.2. The number of quaternary nitrogens is 1. The molecule has 0 aromatic heterocycles. The largest absolute Gasteiger partial charge is 0.464 e. The minimum atomic E-state index is -0.462. The van der Waals surface area contributed by atoms with Gasteiger partial charge in [0.05, 0.1) is 37.2 Å². The van der Waals surface area contributed by atoms with Crippen LogP contribution in [-0.4, -0.2) is 73.9 Å². The average molecular weight is 762 g/mol. The molecular formula is C41H81N2O6S2+. The Morgan fingerprint density at radius 2 is 0.843 bits per heavy atom. The molecule has 3 N–H and O–H groups in total. The maximum atomic E-state index is 13.3. The lowest BCUT2D eigenvalue weighted by molar-refractivity contribution is -0.360. The third-order valence-corrected chi connectivity index (χ3v) is 11.9. The minimum absolute atomic E-state index is 0.0943. The zero-order valence-electron chi connectivity index (χ0n) is 33.7. The van der Waals surface area contributed by atoms with Crippen LogP contribution in [0.1, 0.15) is 182 Å². The molecular weight excluding hydrogens is 681 g/mol. The van der Waals surface area contributed by atoms with Gasteiger partial charge < -0.3 is 24.8 Å². The highest BCUT2D eigenvalue weighted by Crippen LogP contribution is 2.22. The molecule has 0 bridgehead atoms. The van der Waals surface area contributed by atoms with Crippen LogP contribution in [0.15, 0.2) is 0 Å². The maximum Gasteiger partial charge on any atom is 0.410 e. The number of hydrogen-bond donors (Lipinski definition) is 1. The van der Waals surface area contributed by atoms with Crippen LogP contribution in [0.4, 0.5) is 4.79 Å². The van der Waals surface area contributed by atoms with E-state index >= 15 is 0 Å². The van der Waals surface area contributed by atoms with Crippen LogP contribution in [0.3, 0.4) is 0 Å². The molecule has 10 heteroatoms. The molecule has 0 aliphatic rings. The van der Waals surface area contributed by atoms with Crippen molar-refractivity contribution in [2.75, 3.05) is 51.0 Å². The van der Waals surface area contributed by atoms with Crippen molar-refractivity contribution >= 4 is 39.6 Å². The highest BCUT2D eigenvalue weighted by Gasteiger charge is 2.23. The van der Waals surface area contributed by atoms with Crippen molar-refractivity contribution in [1.82, 2.24) is 4.90 Å². The van der Waals surface area contributed by atoms with E-state index in [-0.39, 0.29) is 50.1 Å². The molecule has 0 saturated carbocycles. The highest BCUT2D eigenvalue weighted by atomic mass is 33.1. The number of ether oxygens (including phenoxy) is 3. The summed E-state index contributed by atoms with van der Waals surface area (Å²) in [4.78, 5) is 41.2. The standard InChI is InChI=1S/C41H80N2O6S2/c1-5-9-13-17-19-23-27-37(25-21-15-11-7-3)39(44)47-32-30-43(41(46)49-34-36-51-50-35-29-42)31-33-48-40(45)38(26-22-16-12-8-4)28-24-20-18-14-10-6-2/h37-38H,5-36,42H2,1-4H3/p+1. The minimum Gasteiger partial charge on any atom is -0.464 e. The van der Waals surface area contributed by atoms with Gasteiger partial charge in [-0.3, -0.25) is 9.59 Å². The lowest BCUT2D eigenvalue weighted by Crippen LogP contribution is -2.51. The molecule has 0 spiro atoms. The van der Waals surface area contributed by atoms with Crippen LogP contribution in [0, 0.1) is 11.8 Å². The fraction of sp³-hybridized carbons (Fsp3) is 0.927. The Bertz CT molecular complexity index is 756. The van der Waals surface area contributed by atoms with Gasteiger partial charge in [0.1, 0.15) is 19.8 Å². The molecule has 0 aliphatic heterocycles. The summed E-state index contributed by atoms with van der Waals surface area (Å²) >= 11 is 0. The summed E-state index contributed by atoms with van der Waals surface area (Å²) in [5.74, 6) is 1.15. The SMILES string of the molecule is CCCCCCCCC(CCCCCC)C(=O)OCCN(CCOC(=O)C(CCCCCC)CCCCCCCC)C(=O)OCCSSCC[NH3+]. The summed E-state index contributed by atoms with van der Waals surface area (Å²) < 4.78 is 17.2. The van der Waals surface area contributed by atoms with E-state index in [9.17, 15) is 14.4 Å². The van der Waals surface area contributed by atoms with Gasteiger partial charge in [0, 0.05) is 5.75 Å². The van der Waals surface area contributed by atoms with E-state index in [4.69, 9.17) is 14.2 Å². The van der Waals surface area contributed by atoms with Gasteiger partial charge in [-0.25, -0.2) is 4.79 Å². The molecule has 0 fully saturated rings. The fourth-order valence-corrected chi connectivity index (χ4v) is 7.98. The topological polar surface area (TPSA) is 110 Å². The molecule has 0 rings (SSSR count). The van der Waals surface area contributed by atoms with Crippen molar-refractivity contribution in [3.05, 3.63) is 0 Å². The van der Waals surface area contributed by atoms with Gasteiger partial charge in [-0.2, -0.15) is 0 Å². The van der Waals surface area contributed by atoms with E-state index in [1.807, 2.05) is 0 Å². The third-order valence-electron chi connectivity index (χ3n) is 9.46. The van der Waals surface area contributed by atoms with Gasteiger partial charge in [0.2, 0.25) is 0 Å². The molecule has 0 aliphatic carbocycles. The van der Waals surface area contributed by atoms with E-state index in [2.05, 4.69) is 33.4 Å². The Labute approximate surface area is 322 Å². The van der Waals surface area contributed by atoms with Crippen molar-refractivity contribution < 1.29 is 34.3 Å². The van der Waals surface area contributed by atoms with Crippen LogP contribution in [0.25, 0.3) is 0 Å². The van der Waals surface area contributed by atoms with Crippen molar-refractivity contribution in [3.63, 3.8) is 0 Å². The van der Waals surface area contributed by atoms with Gasteiger partial charge in [-0.05, 0) is 25.7 Å². The number of esters is 2. The van der Waals surface area contributed by atoms with E-state index < -0.39 is 6.09 Å². The number of hydrogen-bond acceptors (Lipinski definition) is 8. The summed E-state index contributed by atoms with van der Waals surface area (Å²) in [6.45, 7) is 10.6. The van der Waals surface area contributed by atoms with Crippen molar-refractivity contribution in [2.45, 2.75) is 182 Å². The summed E-state index contributed by atoms with van der Waals surface area (Å²) in [6.07, 6.45) is 26.4. The smallest absolute Gasteiger partial charge is 0.410 e. The molecule has 0 saturated heterocycles. The lowest BCUT2D eigenvalue weighted by atomic mass is 9.94. The molecule has 51 heavy (non-hydrogen) atoms. The summed E-state index contributed by atoms with van der Waals surface area (Å²) in [5.41, 5.74) is 3.86. The average Bonchev–Trinajstić information content (AvgIpc) is 3.13. The zero-order chi connectivity index (χ0) is 37.6. The first-order chi connectivity index (χ1) is 24.9. The second-order valence-electron chi connectivity index (χ2n) is 14.1. The normalized spacial score (nSPS) is 12.4. The van der Waals surface area contributed by atoms with Gasteiger partial charge in [0.15, 0.2) is 0 Å². The van der Waals surface area contributed by atoms with Crippen LogP contribution < -0.4 is 5.73 Å². The van der Waals surface area contributed by atoms with E-state index in [0.717, 1.165) is 89.3 Å². The van der Waals surface area contributed by atoms with E-state index in [1.165, 1.54) is 81.9 Å². The van der Waals surface area contributed by atoms with Crippen LogP contribution in [-0.2, 0) is 23.8 Å². The van der Waals surface area contributed by atoms with Gasteiger partial charge in [-0.15, -0.1) is 0 Å². The van der Waals surface area contributed by atoms with Crippen molar-refractivity contribution in [1.29, 1.82) is 0 Å². The third kappa shape index (κ3) is 31.0. The zero-order valence-corrected chi connectivity index (χ0v) is 35.3. The van der Waals surface area contributed by atoms with Gasteiger partial charge in [0.25, 0.3) is 0 Å². The van der Waals surface area contributed by atoms with Crippen molar-refractivity contribution in [2.24, 2.45) is 11.8 Å². The first kappa shape index (κ1) is 49.9. The molecule has 2 atom stereocenters. The summed E-state index contributed by atoms with van der Waals surface area (Å²) in [6, 6.07) is 0. The molecule has 0 radical (unpaired) electrons. The predicted molar refractivity (Wildman–Crippen MR) is 218 cm³/mol. The second-order valence-corrected chi connectivity index (χ2v) is 16.8. The first-order valence-corrected chi connectivity index (χ1v) is 23.7. The Morgan fingerprint density at radius 1 is 0.490 bits per heavy atom. The molecule has 8 nitrogen and oxygen atoms in total. The van der Waals surface area contributed by atoms with E-state index in [1.54, 1.807) is 21.6 Å². The Hall–Kier alpha value is -1.13. The number of amides is 1. The number of rotatable bonds is 38. The Kier molecular flexibility index (Phi) is 37.7. The van der Waals surface area contributed by atoms with Crippen LogP contribution >= 0.6 is 21.6 Å².